The van der Waals surface area contributed by atoms with Gasteiger partial charge in [-0.25, -0.2) is 19.5 Å². The van der Waals surface area contributed by atoms with Gasteiger partial charge >= 0.3 is 0 Å². The van der Waals surface area contributed by atoms with Gasteiger partial charge in [0.05, 0.1) is 17.9 Å². The maximum absolute atomic E-state index is 12.5. The van der Waals surface area contributed by atoms with Crippen molar-refractivity contribution in [2.45, 2.75) is 19.4 Å². The quantitative estimate of drug-likeness (QED) is 0.254. The highest BCUT2D eigenvalue weighted by molar-refractivity contribution is 5.93. The third-order valence-corrected chi connectivity index (χ3v) is 7.22. The van der Waals surface area contributed by atoms with Gasteiger partial charge in [-0.3, -0.25) is 4.79 Å². The fourth-order valence-electron chi connectivity index (χ4n) is 5.04. The number of rotatable bonds is 6. The Hall–Kier alpha value is -5.77. The standard InChI is InChI=1S/C30H29N11O2/c1-2-20-19-39(15-16-40(20)24-17-22(36-37-29(24)31)21-7-3-4-8-25(21)42)27-10-13-32-26(35-27)9-5-11-34-30(43)23-18-28-33-12-6-14-41(28)38-23/h3-4,6-8,10,12-14,17-18,20,42H,2,11,15-16,19H2,1H3,(H2,31,37)(H,34,43)/t20-/m1/s1. The molecule has 0 spiro atoms. The molecule has 0 aliphatic carbocycles. The van der Waals surface area contributed by atoms with Crippen LogP contribution in [0.3, 0.4) is 0 Å². The van der Waals surface area contributed by atoms with Crippen molar-refractivity contribution in [1.82, 2.24) is 40.1 Å². The monoisotopic (exact) mass is 575 g/mol. The number of hydrogen-bond donors (Lipinski definition) is 3. The molecule has 1 amide bonds. The van der Waals surface area contributed by atoms with E-state index in [0.717, 1.165) is 17.9 Å². The van der Waals surface area contributed by atoms with Gasteiger partial charge in [-0.1, -0.05) is 25.0 Å². The van der Waals surface area contributed by atoms with Crippen LogP contribution >= 0.6 is 0 Å². The van der Waals surface area contributed by atoms with E-state index < -0.39 is 0 Å². The smallest absolute Gasteiger partial charge is 0.272 e. The summed E-state index contributed by atoms with van der Waals surface area (Å²) >= 11 is 0. The maximum atomic E-state index is 12.5. The Morgan fingerprint density at radius 1 is 1.12 bits per heavy atom. The van der Waals surface area contributed by atoms with Crippen molar-refractivity contribution in [2.24, 2.45) is 0 Å². The van der Waals surface area contributed by atoms with Crippen LogP contribution in [0.25, 0.3) is 16.9 Å². The molecule has 43 heavy (non-hydrogen) atoms. The van der Waals surface area contributed by atoms with Gasteiger partial charge in [-0.2, -0.15) is 5.10 Å². The number of para-hydroxylation sites is 1. The summed E-state index contributed by atoms with van der Waals surface area (Å²) in [5.74, 6) is 7.14. The Balaban J connectivity index is 1.11. The lowest BCUT2D eigenvalue weighted by Crippen LogP contribution is -2.53. The van der Waals surface area contributed by atoms with Crippen LogP contribution in [0.4, 0.5) is 17.3 Å². The number of benzene rings is 1. The SMILES string of the molecule is CC[C@@H]1CN(c2ccnc(C#CCNC(=O)c3cc4ncccn4n3)n2)CCN1c1cc(-c2ccccc2O)nnc1N. The number of anilines is 3. The van der Waals surface area contributed by atoms with E-state index in [1.54, 1.807) is 53.4 Å². The highest BCUT2D eigenvalue weighted by Gasteiger charge is 2.29. The number of phenols is 1. The van der Waals surface area contributed by atoms with Gasteiger partial charge in [0.25, 0.3) is 5.91 Å². The third-order valence-electron chi connectivity index (χ3n) is 7.22. The minimum Gasteiger partial charge on any atom is -0.507 e. The molecule has 1 atom stereocenters. The van der Waals surface area contributed by atoms with Crippen molar-refractivity contribution in [3.63, 3.8) is 0 Å². The molecule has 4 aromatic heterocycles. The number of carbonyl (C=O) groups excluding carboxylic acids is 1. The molecule has 216 valence electrons. The number of carbonyl (C=O) groups is 1. The number of phenolic OH excluding ortho intramolecular Hbond substituents is 1. The van der Waals surface area contributed by atoms with Gasteiger partial charge < -0.3 is 26.0 Å². The Morgan fingerprint density at radius 2 is 2.00 bits per heavy atom. The lowest BCUT2D eigenvalue weighted by molar-refractivity contribution is 0.0953. The van der Waals surface area contributed by atoms with Crippen molar-refractivity contribution >= 4 is 28.9 Å². The summed E-state index contributed by atoms with van der Waals surface area (Å²) in [4.78, 5) is 30.0. The van der Waals surface area contributed by atoms with Crippen LogP contribution in [0.1, 0.15) is 29.7 Å². The number of hydrogen-bond acceptors (Lipinski definition) is 11. The summed E-state index contributed by atoms with van der Waals surface area (Å²) < 4.78 is 1.54. The summed E-state index contributed by atoms with van der Waals surface area (Å²) in [6.07, 6.45) is 5.92. The molecule has 4 N–H and O–H groups in total. The fourth-order valence-corrected chi connectivity index (χ4v) is 5.04. The normalized spacial score (nSPS) is 14.8. The van der Waals surface area contributed by atoms with Crippen molar-refractivity contribution < 1.29 is 9.90 Å². The van der Waals surface area contributed by atoms with Gasteiger partial charge in [0, 0.05) is 55.9 Å². The van der Waals surface area contributed by atoms with E-state index >= 15 is 0 Å². The lowest BCUT2D eigenvalue weighted by atomic mass is 10.1. The lowest BCUT2D eigenvalue weighted by Gasteiger charge is -2.43. The molecule has 1 aliphatic heterocycles. The van der Waals surface area contributed by atoms with E-state index in [1.807, 2.05) is 18.2 Å². The van der Waals surface area contributed by atoms with Gasteiger partial charge in [0.2, 0.25) is 5.82 Å². The first kappa shape index (κ1) is 27.4. The molecule has 0 unspecified atom stereocenters. The highest BCUT2D eigenvalue weighted by Crippen LogP contribution is 2.33. The van der Waals surface area contributed by atoms with Crippen LogP contribution in [0.15, 0.2) is 67.1 Å². The van der Waals surface area contributed by atoms with Crippen LogP contribution in [0.2, 0.25) is 0 Å². The molecule has 13 heteroatoms. The summed E-state index contributed by atoms with van der Waals surface area (Å²) in [6, 6.07) is 14.3. The zero-order valence-corrected chi connectivity index (χ0v) is 23.4. The number of nitrogen functional groups attached to an aromatic ring is 1. The average molecular weight is 576 g/mol. The number of nitrogens with one attached hydrogen (secondary N) is 1. The maximum Gasteiger partial charge on any atom is 0.272 e. The van der Waals surface area contributed by atoms with Gasteiger partial charge in [-0.05, 0) is 42.7 Å². The number of aromatic hydroxyl groups is 1. The Labute approximate surface area is 247 Å². The first-order valence-corrected chi connectivity index (χ1v) is 13.8. The molecule has 0 radical (unpaired) electrons. The zero-order chi connectivity index (χ0) is 29.8. The van der Waals surface area contributed by atoms with E-state index in [9.17, 15) is 9.90 Å². The van der Waals surface area contributed by atoms with Crippen LogP contribution in [0, 0.1) is 11.8 Å². The second-order valence-electron chi connectivity index (χ2n) is 9.89. The van der Waals surface area contributed by atoms with E-state index in [0.29, 0.717) is 48.2 Å². The zero-order valence-electron chi connectivity index (χ0n) is 23.4. The predicted molar refractivity (Wildman–Crippen MR) is 161 cm³/mol. The molecule has 1 saturated heterocycles. The molecule has 0 bridgehead atoms. The number of nitrogens with two attached hydrogens (primary N) is 1. The minimum absolute atomic E-state index is 0.119. The van der Waals surface area contributed by atoms with Crippen molar-refractivity contribution in [1.29, 1.82) is 0 Å². The van der Waals surface area contributed by atoms with Gasteiger partial charge in [0.1, 0.15) is 11.6 Å². The van der Waals surface area contributed by atoms with Gasteiger partial charge in [0.15, 0.2) is 17.2 Å². The second-order valence-corrected chi connectivity index (χ2v) is 9.89. The summed E-state index contributed by atoms with van der Waals surface area (Å²) in [5.41, 5.74) is 9.09. The van der Waals surface area contributed by atoms with E-state index in [2.05, 4.69) is 64.1 Å². The summed E-state index contributed by atoms with van der Waals surface area (Å²) in [6.45, 7) is 4.33. The van der Waals surface area contributed by atoms with Gasteiger partial charge in [-0.15, -0.1) is 10.2 Å². The first-order chi connectivity index (χ1) is 21.0. The van der Waals surface area contributed by atoms with Crippen LogP contribution in [-0.2, 0) is 0 Å². The molecule has 13 nitrogen and oxygen atoms in total. The molecule has 1 fully saturated rings. The summed E-state index contributed by atoms with van der Waals surface area (Å²) in [7, 11) is 0. The van der Waals surface area contributed by atoms with Crippen molar-refractivity contribution in [2.75, 3.05) is 41.7 Å². The second kappa shape index (κ2) is 12.0. The van der Waals surface area contributed by atoms with E-state index in [4.69, 9.17) is 5.73 Å². The van der Waals surface area contributed by atoms with Crippen molar-refractivity contribution in [3.05, 3.63) is 78.6 Å². The first-order valence-electron chi connectivity index (χ1n) is 13.8. The van der Waals surface area contributed by atoms with Crippen LogP contribution < -0.4 is 20.9 Å². The number of fused-ring (bicyclic) bond motifs is 1. The van der Waals surface area contributed by atoms with Crippen LogP contribution in [0.5, 0.6) is 5.75 Å². The Kier molecular flexibility index (Phi) is 7.64. The Morgan fingerprint density at radius 3 is 2.84 bits per heavy atom. The average Bonchev–Trinajstić information content (AvgIpc) is 3.48. The molecular formula is C30H29N11O2. The minimum atomic E-state index is -0.337. The summed E-state index contributed by atoms with van der Waals surface area (Å²) in [5, 5.41) is 25.7. The van der Waals surface area contributed by atoms with E-state index in [1.165, 1.54) is 0 Å². The molecule has 1 aromatic carbocycles. The predicted octanol–water partition coefficient (Wildman–Crippen LogP) is 2.15. The molecule has 0 saturated carbocycles. The van der Waals surface area contributed by atoms with Crippen LogP contribution in [-0.4, -0.2) is 78.0 Å². The molecular weight excluding hydrogens is 546 g/mol. The fraction of sp³-hybridized carbons (Fsp3) is 0.233. The van der Waals surface area contributed by atoms with Crippen molar-refractivity contribution in [3.8, 4) is 28.8 Å². The topological polar surface area (TPSA) is 164 Å². The highest BCUT2D eigenvalue weighted by atomic mass is 16.3. The molecule has 1 aliphatic rings. The number of piperazine rings is 1. The number of amides is 1. The van der Waals surface area contributed by atoms with E-state index in [-0.39, 0.29) is 29.9 Å². The molecule has 5 aromatic rings. The molecule has 5 heterocycles. The number of aromatic nitrogens is 7. The number of nitrogens with zero attached hydrogens (tertiary/aromatic N) is 9. The third kappa shape index (κ3) is 5.84. The largest absolute Gasteiger partial charge is 0.507 e. The Bertz CT molecular complexity index is 1810. The molecule has 6 rings (SSSR count).